The van der Waals surface area contributed by atoms with Gasteiger partial charge in [-0.05, 0) is 30.7 Å². The minimum Gasteiger partial charge on any atom is -0.338 e. The Morgan fingerprint density at radius 1 is 1.09 bits per heavy atom. The fourth-order valence-electron chi connectivity index (χ4n) is 3.80. The Balaban J connectivity index is 1.62. The van der Waals surface area contributed by atoms with Gasteiger partial charge in [0, 0.05) is 49.8 Å². The van der Waals surface area contributed by atoms with Gasteiger partial charge in [-0.3, -0.25) is 9.78 Å². The number of carbonyl (C=O) groups excluding carboxylic acids is 1. The Bertz CT molecular complexity index is 1090. The monoisotopic (exact) mass is 443 g/mol. The quantitative estimate of drug-likeness (QED) is 0.534. The first-order chi connectivity index (χ1) is 15.3. The van der Waals surface area contributed by atoms with Crippen LogP contribution in [0.4, 0.5) is 24.7 Å². The molecule has 168 valence electrons. The molecule has 1 aliphatic rings. The van der Waals surface area contributed by atoms with Gasteiger partial charge in [0.05, 0.1) is 24.6 Å². The molecule has 4 rings (SSSR count). The number of nitrogens with one attached hydrogen (secondary N) is 1. The third-order valence-corrected chi connectivity index (χ3v) is 5.66. The normalized spacial score (nSPS) is 16.1. The maximum Gasteiger partial charge on any atom is 0.250 e. The maximum absolute atomic E-state index is 13.5. The fraction of sp³-hybridized carbons (Fsp3) is 0.348. The number of hydrogen-bond acceptors (Lipinski definition) is 5. The van der Waals surface area contributed by atoms with Gasteiger partial charge in [-0.15, -0.1) is 0 Å². The lowest BCUT2D eigenvalue weighted by Crippen LogP contribution is -2.40. The topological polar surface area (TPSA) is 63.1 Å². The third-order valence-electron chi connectivity index (χ3n) is 5.66. The summed E-state index contributed by atoms with van der Waals surface area (Å²) in [7, 11) is 0. The summed E-state index contributed by atoms with van der Waals surface area (Å²) >= 11 is 0. The zero-order chi connectivity index (χ0) is 22.7. The minimum absolute atomic E-state index is 0.112. The van der Waals surface area contributed by atoms with Crippen LogP contribution in [0, 0.1) is 5.82 Å². The van der Waals surface area contributed by atoms with E-state index in [9.17, 15) is 18.0 Å². The molecule has 3 heterocycles. The number of carbonyl (C=O) groups is 1. The van der Waals surface area contributed by atoms with Crippen LogP contribution in [0.2, 0.25) is 0 Å². The first-order valence-electron chi connectivity index (χ1n) is 10.5. The van der Waals surface area contributed by atoms with E-state index in [1.807, 2.05) is 4.90 Å². The number of nitrogens with zero attached hydrogens (tertiary/aromatic N) is 4. The zero-order valence-electron chi connectivity index (χ0n) is 17.7. The van der Waals surface area contributed by atoms with Crippen molar-refractivity contribution in [2.75, 3.05) is 25.0 Å². The molecule has 1 aromatic carbocycles. The van der Waals surface area contributed by atoms with E-state index < -0.39 is 5.92 Å². The first kappa shape index (κ1) is 22.0. The summed E-state index contributed by atoms with van der Waals surface area (Å²) in [6.45, 7) is 3.16. The van der Waals surface area contributed by atoms with Gasteiger partial charge in [-0.2, -0.15) is 5.10 Å². The number of piperidine rings is 1. The standard InChI is InChI=1S/C23H24F3N5O/c1-16(32)19-6-9-27-15-21(19)29-22-20(17-2-4-18(24)5-3-17)14-28-31(22)13-12-30-10-7-23(25,26)8-11-30/h2-6,9,14-15,29H,7-8,10-13H2,1H3. The van der Waals surface area contributed by atoms with E-state index >= 15 is 0 Å². The maximum atomic E-state index is 13.5. The summed E-state index contributed by atoms with van der Waals surface area (Å²) in [6.07, 6.45) is 4.50. The van der Waals surface area contributed by atoms with E-state index in [0.717, 1.165) is 11.1 Å². The van der Waals surface area contributed by atoms with Crippen LogP contribution in [0.5, 0.6) is 0 Å². The van der Waals surface area contributed by atoms with Gasteiger partial charge < -0.3 is 10.2 Å². The molecule has 2 aromatic heterocycles. The molecule has 0 atom stereocenters. The lowest BCUT2D eigenvalue weighted by molar-refractivity contribution is -0.0555. The number of aromatic nitrogens is 3. The van der Waals surface area contributed by atoms with Crippen molar-refractivity contribution in [2.45, 2.75) is 32.2 Å². The molecule has 0 radical (unpaired) electrons. The molecule has 1 saturated heterocycles. The number of likely N-dealkylation sites (tertiary alicyclic amines) is 1. The second-order valence-corrected chi connectivity index (χ2v) is 7.94. The summed E-state index contributed by atoms with van der Waals surface area (Å²) in [5.74, 6) is -2.43. The number of rotatable bonds is 7. The molecule has 0 amide bonds. The number of alkyl halides is 2. The SMILES string of the molecule is CC(=O)c1ccncc1Nc1c(-c2ccc(F)cc2)cnn1CCN1CCC(F)(F)CC1. The fourth-order valence-corrected chi connectivity index (χ4v) is 3.80. The number of benzene rings is 1. The Hall–Kier alpha value is -3.20. The van der Waals surface area contributed by atoms with Gasteiger partial charge in [0.2, 0.25) is 0 Å². The summed E-state index contributed by atoms with van der Waals surface area (Å²) < 4.78 is 42.1. The van der Waals surface area contributed by atoms with Crippen molar-refractivity contribution in [1.82, 2.24) is 19.7 Å². The molecule has 0 saturated carbocycles. The van der Waals surface area contributed by atoms with Gasteiger partial charge in [0.1, 0.15) is 11.6 Å². The largest absolute Gasteiger partial charge is 0.338 e. The molecule has 0 spiro atoms. The van der Waals surface area contributed by atoms with E-state index in [1.165, 1.54) is 19.1 Å². The van der Waals surface area contributed by atoms with Crippen LogP contribution in [0.1, 0.15) is 30.1 Å². The van der Waals surface area contributed by atoms with Crippen molar-refractivity contribution in [1.29, 1.82) is 0 Å². The van der Waals surface area contributed by atoms with Gasteiger partial charge >= 0.3 is 0 Å². The van der Waals surface area contributed by atoms with E-state index in [4.69, 9.17) is 0 Å². The number of Topliss-reactive ketones (excluding diaryl/α,β-unsaturated/α-hetero) is 1. The molecular weight excluding hydrogens is 419 g/mol. The van der Waals surface area contributed by atoms with Crippen LogP contribution >= 0.6 is 0 Å². The van der Waals surface area contributed by atoms with E-state index in [1.54, 1.807) is 41.5 Å². The number of halogens is 3. The van der Waals surface area contributed by atoms with Crippen molar-refractivity contribution in [3.63, 3.8) is 0 Å². The third kappa shape index (κ3) is 4.99. The second kappa shape index (κ2) is 9.12. The van der Waals surface area contributed by atoms with Crippen LogP contribution in [0.25, 0.3) is 11.1 Å². The highest BCUT2D eigenvalue weighted by Gasteiger charge is 2.33. The van der Waals surface area contributed by atoms with Gasteiger partial charge in [-0.1, -0.05) is 12.1 Å². The molecule has 9 heteroatoms. The number of anilines is 2. The van der Waals surface area contributed by atoms with Gasteiger partial charge in [-0.25, -0.2) is 17.9 Å². The Labute approximate surface area is 184 Å². The second-order valence-electron chi connectivity index (χ2n) is 7.94. The van der Waals surface area contributed by atoms with Crippen molar-refractivity contribution < 1.29 is 18.0 Å². The highest BCUT2D eigenvalue weighted by atomic mass is 19.3. The molecule has 0 bridgehead atoms. The number of hydrogen-bond donors (Lipinski definition) is 1. The van der Waals surface area contributed by atoms with Gasteiger partial charge in [0.25, 0.3) is 5.92 Å². The number of ketones is 1. The lowest BCUT2D eigenvalue weighted by Gasteiger charge is -2.31. The molecule has 32 heavy (non-hydrogen) atoms. The van der Waals surface area contributed by atoms with Crippen LogP contribution in [-0.4, -0.2) is 51.0 Å². The van der Waals surface area contributed by atoms with Crippen molar-refractivity contribution in [3.05, 3.63) is 60.3 Å². The summed E-state index contributed by atoms with van der Waals surface area (Å²) in [4.78, 5) is 18.2. The van der Waals surface area contributed by atoms with Gasteiger partial charge in [0.15, 0.2) is 5.78 Å². The summed E-state index contributed by atoms with van der Waals surface area (Å²) in [6, 6.07) is 7.69. The van der Waals surface area contributed by atoms with Crippen LogP contribution in [0.15, 0.2) is 48.9 Å². The Kier molecular flexibility index (Phi) is 6.27. The molecule has 3 aromatic rings. The van der Waals surface area contributed by atoms with Crippen molar-refractivity contribution >= 4 is 17.3 Å². The van der Waals surface area contributed by atoms with Crippen molar-refractivity contribution in [3.8, 4) is 11.1 Å². The number of pyridine rings is 1. The highest BCUT2D eigenvalue weighted by molar-refractivity contribution is 6.00. The Morgan fingerprint density at radius 3 is 2.50 bits per heavy atom. The molecular formula is C23H24F3N5O. The Morgan fingerprint density at radius 2 is 1.81 bits per heavy atom. The van der Waals surface area contributed by atoms with Crippen LogP contribution in [-0.2, 0) is 6.54 Å². The summed E-state index contributed by atoms with van der Waals surface area (Å²) in [5.41, 5.74) is 2.50. The van der Waals surface area contributed by atoms with Crippen molar-refractivity contribution in [2.24, 2.45) is 0 Å². The molecule has 0 aliphatic carbocycles. The predicted molar refractivity (Wildman–Crippen MR) is 116 cm³/mol. The zero-order valence-corrected chi connectivity index (χ0v) is 17.7. The van der Waals surface area contributed by atoms with E-state index in [0.29, 0.717) is 43.2 Å². The molecule has 6 nitrogen and oxygen atoms in total. The smallest absolute Gasteiger partial charge is 0.250 e. The van der Waals surface area contributed by atoms with Crippen LogP contribution < -0.4 is 5.32 Å². The molecule has 0 unspecified atom stereocenters. The average molecular weight is 443 g/mol. The average Bonchev–Trinajstić information content (AvgIpc) is 3.16. The lowest BCUT2D eigenvalue weighted by atomic mass is 10.1. The highest BCUT2D eigenvalue weighted by Crippen LogP contribution is 2.32. The summed E-state index contributed by atoms with van der Waals surface area (Å²) in [5, 5.41) is 7.75. The molecule has 1 fully saturated rings. The molecule has 1 aliphatic heterocycles. The van der Waals surface area contributed by atoms with E-state index in [2.05, 4.69) is 15.4 Å². The predicted octanol–water partition coefficient (Wildman–Crippen LogP) is 4.76. The first-order valence-corrected chi connectivity index (χ1v) is 10.5. The minimum atomic E-state index is -2.59. The molecule has 1 N–H and O–H groups in total. The van der Waals surface area contributed by atoms with E-state index in [-0.39, 0.29) is 24.4 Å². The van der Waals surface area contributed by atoms with Crippen LogP contribution in [0.3, 0.4) is 0 Å².